The van der Waals surface area contributed by atoms with Gasteiger partial charge in [0.1, 0.15) is 0 Å². The van der Waals surface area contributed by atoms with Gasteiger partial charge in [0.15, 0.2) is 7.29 Å². The molecule has 0 spiro atoms. The summed E-state index contributed by atoms with van der Waals surface area (Å²) in [6, 6.07) is 19.6. The Morgan fingerprint density at radius 1 is 0.941 bits per heavy atom. The van der Waals surface area contributed by atoms with Gasteiger partial charge in [-0.15, -0.1) is 0 Å². The van der Waals surface area contributed by atoms with E-state index in [1.165, 1.54) is 0 Å². The molecule has 0 radical (unpaired) electrons. The molecule has 88 valence electrons. The molecule has 0 saturated carbocycles. The SMILES string of the molecule is CP(=O)(NCc1ccccc1)c1ccccc1. The third-order valence-electron chi connectivity index (χ3n) is 2.68. The Balaban J connectivity index is 2.06. The Hall–Kier alpha value is -1.37. The van der Waals surface area contributed by atoms with Gasteiger partial charge in [0.25, 0.3) is 0 Å². The highest BCUT2D eigenvalue weighted by molar-refractivity contribution is 7.68. The summed E-state index contributed by atoms with van der Waals surface area (Å²) >= 11 is 0. The number of hydrogen-bond donors (Lipinski definition) is 1. The van der Waals surface area contributed by atoms with Crippen LogP contribution < -0.4 is 10.4 Å². The van der Waals surface area contributed by atoms with Crippen molar-refractivity contribution < 1.29 is 4.57 Å². The van der Waals surface area contributed by atoms with Gasteiger partial charge >= 0.3 is 0 Å². The second-order valence-corrected chi connectivity index (χ2v) is 6.76. The molecule has 0 fully saturated rings. The lowest BCUT2D eigenvalue weighted by atomic mass is 10.2. The van der Waals surface area contributed by atoms with Crippen LogP contribution >= 0.6 is 7.29 Å². The van der Waals surface area contributed by atoms with Crippen LogP contribution in [0.15, 0.2) is 60.7 Å². The van der Waals surface area contributed by atoms with Crippen molar-refractivity contribution in [1.29, 1.82) is 0 Å². The summed E-state index contributed by atoms with van der Waals surface area (Å²) in [4.78, 5) is 0. The molecule has 0 aliphatic carbocycles. The average Bonchev–Trinajstić information content (AvgIpc) is 2.39. The predicted molar refractivity (Wildman–Crippen MR) is 72.9 cm³/mol. The maximum Gasteiger partial charge on any atom is 0.173 e. The lowest BCUT2D eigenvalue weighted by Gasteiger charge is -2.15. The van der Waals surface area contributed by atoms with Gasteiger partial charge in [-0.05, 0) is 5.56 Å². The Kier molecular flexibility index (Phi) is 3.78. The fraction of sp³-hybridized carbons (Fsp3) is 0.143. The molecule has 1 N–H and O–H groups in total. The molecule has 2 aromatic rings. The van der Waals surface area contributed by atoms with Crippen molar-refractivity contribution in [2.75, 3.05) is 6.66 Å². The van der Waals surface area contributed by atoms with Crippen LogP contribution in [0.2, 0.25) is 0 Å². The van der Waals surface area contributed by atoms with Gasteiger partial charge in [0.05, 0.1) is 0 Å². The van der Waals surface area contributed by atoms with Gasteiger partial charge in [-0.1, -0.05) is 60.7 Å². The van der Waals surface area contributed by atoms with E-state index in [2.05, 4.69) is 5.09 Å². The molecule has 2 rings (SSSR count). The molecule has 0 aliphatic rings. The zero-order valence-electron chi connectivity index (χ0n) is 9.84. The number of nitrogens with one attached hydrogen (secondary N) is 1. The molecule has 3 heteroatoms. The van der Waals surface area contributed by atoms with Crippen molar-refractivity contribution in [2.24, 2.45) is 0 Å². The summed E-state index contributed by atoms with van der Waals surface area (Å²) in [5.41, 5.74) is 1.14. The summed E-state index contributed by atoms with van der Waals surface area (Å²) in [6.07, 6.45) is 0. The fourth-order valence-electron chi connectivity index (χ4n) is 1.64. The van der Waals surface area contributed by atoms with Gasteiger partial charge in [-0.2, -0.15) is 0 Å². The maximum atomic E-state index is 12.5. The van der Waals surface area contributed by atoms with E-state index in [1.54, 1.807) is 6.66 Å². The first kappa shape index (κ1) is 12.1. The van der Waals surface area contributed by atoms with Gasteiger partial charge < -0.3 is 4.57 Å². The Labute approximate surface area is 102 Å². The molecular formula is C14H16NOP. The predicted octanol–water partition coefficient (Wildman–Crippen LogP) is 3.01. The summed E-state index contributed by atoms with van der Waals surface area (Å²) < 4.78 is 12.5. The third-order valence-corrected chi connectivity index (χ3v) is 4.72. The van der Waals surface area contributed by atoms with E-state index in [1.807, 2.05) is 60.7 Å². The Bertz CT molecular complexity index is 510. The standard InChI is InChI=1S/C14H16NOP/c1-17(16,14-10-6-3-7-11-14)15-12-13-8-4-2-5-9-13/h2-11H,12H2,1H3,(H,15,16). The van der Waals surface area contributed by atoms with E-state index in [-0.39, 0.29) is 0 Å². The number of rotatable bonds is 4. The van der Waals surface area contributed by atoms with Crippen molar-refractivity contribution in [3.8, 4) is 0 Å². The maximum absolute atomic E-state index is 12.5. The Morgan fingerprint density at radius 3 is 2.06 bits per heavy atom. The lowest BCUT2D eigenvalue weighted by Crippen LogP contribution is -2.18. The molecular weight excluding hydrogens is 229 g/mol. The van der Waals surface area contributed by atoms with E-state index in [0.717, 1.165) is 10.9 Å². The van der Waals surface area contributed by atoms with Crippen molar-refractivity contribution in [3.63, 3.8) is 0 Å². The smallest absolute Gasteiger partial charge is 0.173 e. The molecule has 0 bridgehead atoms. The molecule has 0 aromatic heterocycles. The average molecular weight is 245 g/mol. The number of benzene rings is 2. The van der Waals surface area contributed by atoms with Gasteiger partial charge in [-0.25, -0.2) is 0 Å². The van der Waals surface area contributed by atoms with E-state index < -0.39 is 7.29 Å². The third kappa shape index (κ3) is 3.29. The molecule has 0 aliphatic heterocycles. The van der Waals surface area contributed by atoms with Crippen molar-refractivity contribution in [3.05, 3.63) is 66.2 Å². The molecule has 2 aromatic carbocycles. The highest BCUT2D eigenvalue weighted by atomic mass is 31.2. The number of hydrogen-bond acceptors (Lipinski definition) is 1. The van der Waals surface area contributed by atoms with Crippen LogP contribution in [0.25, 0.3) is 0 Å². The fourth-order valence-corrected chi connectivity index (χ4v) is 3.05. The van der Waals surface area contributed by atoms with Gasteiger partial charge in [0.2, 0.25) is 0 Å². The van der Waals surface area contributed by atoms with Crippen LogP contribution in [-0.2, 0) is 11.1 Å². The second kappa shape index (κ2) is 5.31. The van der Waals surface area contributed by atoms with Crippen LogP contribution in [0.4, 0.5) is 0 Å². The molecule has 0 heterocycles. The molecule has 1 atom stereocenters. The van der Waals surface area contributed by atoms with Crippen LogP contribution in [0, 0.1) is 0 Å². The summed E-state index contributed by atoms with van der Waals surface area (Å²) in [5.74, 6) is 0. The summed E-state index contributed by atoms with van der Waals surface area (Å²) in [7, 11) is -2.46. The van der Waals surface area contributed by atoms with Crippen LogP contribution in [0.5, 0.6) is 0 Å². The molecule has 0 saturated heterocycles. The highest BCUT2D eigenvalue weighted by Crippen LogP contribution is 2.34. The Morgan fingerprint density at radius 2 is 1.47 bits per heavy atom. The minimum absolute atomic E-state index is 0.628. The molecule has 1 unspecified atom stereocenters. The zero-order valence-corrected chi connectivity index (χ0v) is 10.7. The van der Waals surface area contributed by atoms with Crippen molar-refractivity contribution in [1.82, 2.24) is 5.09 Å². The van der Waals surface area contributed by atoms with E-state index >= 15 is 0 Å². The van der Waals surface area contributed by atoms with E-state index in [4.69, 9.17) is 0 Å². The van der Waals surface area contributed by atoms with Crippen LogP contribution in [0.3, 0.4) is 0 Å². The van der Waals surface area contributed by atoms with Crippen molar-refractivity contribution in [2.45, 2.75) is 6.54 Å². The van der Waals surface area contributed by atoms with E-state index in [0.29, 0.717) is 6.54 Å². The zero-order chi connectivity index (χ0) is 12.1. The molecule has 2 nitrogen and oxygen atoms in total. The lowest BCUT2D eigenvalue weighted by molar-refractivity contribution is 0.575. The van der Waals surface area contributed by atoms with Gasteiger partial charge in [0, 0.05) is 18.5 Å². The highest BCUT2D eigenvalue weighted by Gasteiger charge is 2.16. The van der Waals surface area contributed by atoms with Crippen LogP contribution in [-0.4, -0.2) is 6.66 Å². The minimum atomic E-state index is -2.46. The largest absolute Gasteiger partial charge is 0.302 e. The first-order valence-corrected chi connectivity index (χ1v) is 7.76. The minimum Gasteiger partial charge on any atom is -0.302 e. The molecule has 0 amide bonds. The normalized spacial score (nSPS) is 14.2. The van der Waals surface area contributed by atoms with Crippen molar-refractivity contribution >= 4 is 12.6 Å². The first-order valence-electron chi connectivity index (χ1n) is 5.61. The monoisotopic (exact) mass is 245 g/mol. The van der Waals surface area contributed by atoms with Crippen LogP contribution in [0.1, 0.15) is 5.56 Å². The topological polar surface area (TPSA) is 29.1 Å². The van der Waals surface area contributed by atoms with Gasteiger partial charge in [-0.3, -0.25) is 5.09 Å². The quantitative estimate of drug-likeness (QED) is 0.839. The van der Waals surface area contributed by atoms with E-state index in [9.17, 15) is 4.57 Å². The first-order chi connectivity index (χ1) is 8.18. The summed E-state index contributed by atoms with van der Waals surface area (Å²) in [6.45, 7) is 2.40. The molecule has 17 heavy (non-hydrogen) atoms. The summed E-state index contributed by atoms with van der Waals surface area (Å²) in [5, 5.41) is 4.02. The second-order valence-electron chi connectivity index (χ2n) is 4.08.